The lowest BCUT2D eigenvalue weighted by molar-refractivity contribution is 0.0869. The average molecular weight is 391 g/mol. The van der Waals surface area contributed by atoms with Crippen LogP contribution in [0.5, 0.6) is 0 Å². The van der Waals surface area contributed by atoms with E-state index in [0.29, 0.717) is 21.5 Å². The molecule has 0 saturated carbocycles. The summed E-state index contributed by atoms with van der Waals surface area (Å²) in [5.41, 5.74) is 3.07. The van der Waals surface area contributed by atoms with E-state index in [9.17, 15) is 13.9 Å². The molecule has 6 heteroatoms. The molecule has 2 atom stereocenters. The minimum Gasteiger partial charge on any atom is -0.390 e. The maximum atomic E-state index is 14.8. The summed E-state index contributed by atoms with van der Waals surface area (Å²) in [6.07, 6.45) is 0.910. The summed E-state index contributed by atoms with van der Waals surface area (Å²) >= 11 is 6.74. The zero-order valence-electron chi connectivity index (χ0n) is 15.5. The van der Waals surface area contributed by atoms with Crippen LogP contribution in [0.25, 0.3) is 22.0 Å². The van der Waals surface area contributed by atoms with Crippen molar-refractivity contribution in [1.29, 1.82) is 0 Å². The van der Waals surface area contributed by atoms with Crippen LogP contribution < -0.4 is 5.32 Å². The Hall–Kier alpha value is -2.11. The lowest BCUT2D eigenvalue weighted by Crippen LogP contribution is -2.50. The number of anilines is 1. The van der Waals surface area contributed by atoms with Crippen molar-refractivity contribution in [2.75, 3.05) is 5.32 Å². The molecule has 4 rings (SSSR count). The summed E-state index contributed by atoms with van der Waals surface area (Å²) in [4.78, 5) is 2.92. The first-order chi connectivity index (χ1) is 12.6. The Kier molecular flexibility index (Phi) is 4.02. The van der Waals surface area contributed by atoms with Crippen molar-refractivity contribution in [2.24, 2.45) is 0 Å². The molecule has 0 aliphatic carbocycles. The minimum atomic E-state index is -0.680. The van der Waals surface area contributed by atoms with Crippen molar-refractivity contribution in [3.05, 3.63) is 52.2 Å². The number of halogens is 3. The Balaban J connectivity index is 2.04. The molecule has 2 heterocycles. The second-order valence-electron chi connectivity index (χ2n) is 7.91. The highest BCUT2D eigenvalue weighted by molar-refractivity contribution is 6.35. The summed E-state index contributed by atoms with van der Waals surface area (Å²) in [5.74, 6) is -1.54. The van der Waals surface area contributed by atoms with Crippen LogP contribution in [0.3, 0.4) is 0 Å². The van der Waals surface area contributed by atoms with E-state index >= 15 is 0 Å². The van der Waals surface area contributed by atoms with E-state index in [-0.39, 0.29) is 11.5 Å². The first kappa shape index (κ1) is 18.3. The minimum absolute atomic E-state index is 0.235. The molecular formula is C21H21ClF2N2O. The van der Waals surface area contributed by atoms with Crippen molar-refractivity contribution in [3.8, 4) is 11.1 Å². The summed E-state index contributed by atoms with van der Waals surface area (Å²) in [6, 6.07) is 4.27. The van der Waals surface area contributed by atoms with E-state index in [0.717, 1.165) is 22.9 Å². The number of nitrogens with one attached hydrogen (secondary N) is 2. The smallest absolute Gasteiger partial charge is 0.136 e. The summed E-state index contributed by atoms with van der Waals surface area (Å²) < 4.78 is 28.9. The first-order valence-corrected chi connectivity index (χ1v) is 9.26. The molecule has 0 saturated heterocycles. The van der Waals surface area contributed by atoms with E-state index < -0.39 is 23.3 Å². The summed E-state index contributed by atoms with van der Waals surface area (Å²) in [6.45, 7) is 7.69. The number of aliphatic hydroxyl groups excluding tert-OH is 1. The van der Waals surface area contributed by atoms with Gasteiger partial charge in [0.2, 0.25) is 0 Å². The van der Waals surface area contributed by atoms with Crippen LogP contribution >= 0.6 is 11.6 Å². The van der Waals surface area contributed by atoms with Crippen molar-refractivity contribution in [3.63, 3.8) is 0 Å². The monoisotopic (exact) mass is 390 g/mol. The highest BCUT2D eigenvalue weighted by Crippen LogP contribution is 2.48. The molecule has 3 N–H and O–H groups in total. The highest BCUT2D eigenvalue weighted by atomic mass is 35.5. The zero-order valence-corrected chi connectivity index (χ0v) is 16.3. The van der Waals surface area contributed by atoms with Crippen LogP contribution in [-0.4, -0.2) is 21.7 Å². The number of benzene rings is 2. The molecular weight excluding hydrogens is 370 g/mol. The Labute approximate surface area is 161 Å². The van der Waals surface area contributed by atoms with Crippen molar-refractivity contribution >= 4 is 28.2 Å². The first-order valence-electron chi connectivity index (χ1n) is 8.88. The van der Waals surface area contributed by atoms with Gasteiger partial charge >= 0.3 is 0 Å². The Morgan fingerprint density at radius 3 is 2.59 bits per heavy atom. The highest BCUT2D eigenvalue weighted by Gasteiger charge is 2.41. The molecule has 0 unspecified atom stereocenters. The van der Waals surface area contributed by atoms with Gasteiger partial charge in [0.15, 0.2) is 0 Å². The number of aromatic nitrogens is 1. The average Bonchev–Trinajstić information content (AvgIpc) is 3.06. The molecule has 142 valence electrons. The van der Waals surface area contributed by atoms with Gasteiger partial charge in [-0.15, -0.1) is 0 Å². The van der Waals surface area contributed by atoms with Crippen molar-refractivity contribution < 1.29 is 13.9 Å². The molecule has 1 aliphatic heterocycles. The molecule has 3 nitrogen and oxygen atoms in total. The fourth-order valence-corrected chi connectivity index (χ4v) is 4.61. The molecule has 1 aliphatic rings. The largest absolute Gasteiger partial charge is 0.390 e. The van der Waals surface area contributed by atoms with Crippen molar-refractivity contribution in [2.45, 2.75) is 45.3 Å². The van der Waals surface area contributed by atoms with E-state index in [2.05, 4.69) is 10.3 Å². The van der Waals surface area contributed by atoms with Crippen LogP contribution in [0.1, 0.15) is 37.8 Å². The number of hydrogen-bond donors (Lipinski definition) is 3. The predicted octanol–water partition coefficient (Wildman–Crippen LogP) is 5.74. The molecule has 0 spiro atoms. The molecule has 0 fully saturated rings. The third kappa shape index (κ3) is 2.56. The maximum absolute atomic E-state index is 14.8. The second-order valence-corrected chi connectivity index (χ2v) is 8.28. The molecule has 0 radical (unpaired) electrons. The number of aryl methyl sites for hydroxylation is 1. The fraction of sp³-hybridized carbons (Fsp3) is 0.333. The zero-order chi connectivity index (χ0) is 19.7. The van der Waals surface area contributed by atoms with Gasteiger partial charge in [0.05, 0.1) is 22.2 Å². The van der Waals surface area contributed by atoms with Gasteiger partial charge in [0.1, 0.15) is 11.6 Å². The molecule has 27 heavy (non-hydrogen) atoms. The van der Waals surface area contributed by atoms with Gasteiger partial charge in [-0.1, -0.05) is 18.5 Å². The molecule has 1 aromatic heterocycles. The third-order valence-corrected chi connectivity index (χ3v) is 6.04. The standard InChI is InChI=1S/C21H21ClF2N2O/c1-9-7-12(16-14(24)8-13(23)11-5-6-25-19(11)16)17(22)15-10(2)20(27)21(3,4)26-18(9)15/h5-8,10,20,25-27H,1-4H3/t10-,20+/m1/s1. The maximum Gasteiger partial charge on any atom is 0.136 e. The Morgan fingerprint density at radius 1 is 1.19 bits per heavy atom. The van der Waals surface area contributed by atoms with Gasteiger partial charge in [-0.05, 0) is 38.5 Å². The Bertz CT molecular complexity index is 1070. The van der Waals surface area contributed by atoms with E-state index in [1.807, 2.05) is 33.8 Å². The number of hydrogen-bond acceptors (Lipinski definition) is 2. The number of H-pyrrole nitrogens is 1. The number of rotatable bonds is 1. The van der Waals surface area contributed by atoms with Gasteiger partial charge in [-0.25, -0.2) is 8.78 Å². The number of aromatic amines is 1. The normalized spacial score (nSPS) is 21.2. The number of fused-ring (bicyclic) bond motifs is 2. The topological polar surface area (TPSA) is 48.0 Å². The third-order valence-electron chi connectivity index (χ3n) is 5.63. The van der Waals surface area contributed by atoms with Crippen LogP contribution in [0, 0.1) is 18.6 Å². The second kappa shape index (κ2) is 5.94. The fourth-order valence-electron chi connectivity index (χ4n) is 4.19. The van der Waals surface area contributed by atoms with Crippen LogP contribution in [0.2, 0.25) is 5.02 Å². The summed E-state index contributed by atoms with van der Waals surface area (Å²) in [5, 5.41) is 14.7. The van der Waals surface area contributed by atoms with Gasteiger partial charge in [0, 0.05) is 45.9 Å². The molecule has 0 bridgehead atoms. The van der Waals surface area contributed by atoms with Crippen LogP contribution in [0.4, 0.5) is 14.5 Å². The van der Waals surface area contributed by atoms with E-state index in [1.165, 1.54) is 0 Å². The van der Waals surface area contributed by atoms with Crippen LogP contribution in [-0.2, 0) is 0 Å². The summed E-state index contributed by atoms with van der Waals surface area (Å²) in [7, 11) is 0. The van der Waals surface area contributed by atoms with E-state index in [1.54, 1.807) is 12.3 Å². The SMILES string of the molecule is Cc1cc(-c2c(F)cc(F)c3cc[nH]c23)c(Cl)c2c1NC(C)(C)[C@@H](O)[C@@H]2C. The van der Waals surface area contributed by atoms with E-state index in [4.69, 9.17) is 11.6 Å². The van der Waals surface area contributed by atoms with Gasteiger partial charge < -0.3 is 15.4 Å². The van der Waals surface area contributed by atoms with Gasteiger partial charge in [-0.3, -0.25) is 0 Å². The van der Waals surface area contributed by atoms with Gasteiger partial charge in [-0.2, -0.15) is 0 Å². The molecule has 0 amide bonds. The molecule has 2 aromatic carbocycles. The number of aliphatic hydroxyl groups is 1. The predicted molar refractivity (Wildman–Crippen MR) is 106 cm³/mol. The lowest BCUT2D eigenvalue weighted by atomic mass is 9.77. The van der Waals surface area contributed by atoms with Gasteiger partial charge in [0.25, 0.3) is 0 Å². The quantitative estimate of drug-likeness (QED) is 0.496. The van der Waals surface area contributed by atoms with Crippen molar-refractivity contribution in [1.82, 2.24) is 4.98 Å². The molecule has 3 aromatic rings. The lowest BCUT2D eigenvalue weighted by Gasteiger charge is -2.43. The van der Waals surface area contributed by atoms with Crippen LogP contribution in [0.15, 0.2) is 24.4 Å². The Morgan fingerprint density at radius 2 is 1.89 bits per heavy atom.